The van der Waals surface area contributed by atoms with E-state index >= 15 is 0 Å². The van der Waals surface area contributed by atoms with Gasteiger partial charge in [-0.1, -0.05) is 32.4 Å². The number of rotatable bonds is 2. The fourth-order valence-corrected chi connectivity index (χ4v) is 3.91. The molecule has 0 spiro atoms. The molecule has 5 heteroatoms. The average molecular weight is 374 g/mol. The van der Waals surface area contributed by atoms with Gasteiger partial charge in [-0.2, -0.15) is 0 Å². The first-order valence-corrected chi connectivity index (χ1v) is 8.42. The van der Waals surface area contributed by atoms with Gasteiger partial charge in [0, 0.05) is 21.5 Å². The molecule has 1 aromatic rings. The van der Waals surface area contributed by atoms with Gasteiger partial charge < -0.3 is 11.1 Å². The fourth-order valence-electron chi connectivity index (χ4n) is 3.13. The standard InChI is InChI=1S/C16H22BrClN2O/c1-9-13(19)6-5-11(16(9,2)3)15(21)20-14-7-4-10(18)8-12(14)17/h4,7-9,11,13H,5-6,19H2,1-3H3,(H,20,21). The van der Waals surface area contributed by atoms with Crippen molar-refractivity contribution in [2.75, 3.05) is 5.32 Å². The zero-order chi connectivity index (χ0) is 15.8. The van der Waals surface area contributed by atoms with Gasteiger partial charge in [-0.25, -0.2) is 0 Å². The summed E-state index contributed by atoms with van der Waals surface area (Å²) in [5.41, 5.74) is 6.80. The minimum atomic E-state index is -0.110. The second kappa shape index (κ2) is 6.27. The number of amides is 1. The van der Waals surface area contributed by atoms with Crippen LogP contribution >= 0.6 is 27.5 Å². The van der Waals surface area contributed by atoms with Gasteiger partial charge in [0.1, 0.15) is 0 Å². The Labute approximate surface area is 139 Å². The summed E-state index contributed by atoms with van der Waals surface area (Å²) in [5.74, 6) is 0.340. The SMILES string of the molecule is CC1C(N)CCC(C(=O)Nc2ccc(Cl)cc2Br)C1(C)C. The van der Waals surface area contributed by atoms with E-state index in [4.69, 9.17) is 17.3 Å². The van der Waals surface area contributed by atoms with Crippen molar-refractivity contribution in [1.82, 2.24) is 0 Å². The fraction of sp³-hybridized carbons (Fsp3) is 0.562. The Kier molecular flexibility index (Phi) is 5.01. The summed E-state index contributed by atoms with van der Waals surface area (Å²) in [4.78, 5) is 12.7. The highest BCUT2D eigenvalue weighted by molar-refractivity contribution is 9.10. The van der Waals surface area contributed by atoms with Crippen molar-refractivity contribution in [3.63, 3.8) is 0 Å². The second-order valence-corrected chi connectivity index (χ2v) is 7.81. The summed E-state index contributed by atoms with van der Waals surface area (Å²) < 4.78 is 0.793. The lowest BCUT2D eigenvalue weighted by molar-refractivity contribution is -0.127. The van der Waals surface area contributed by atoms with Gasteiger partial charge in [-0.3, -0.25) is 4.79 Å². The minimum Gasteiger partial charge on any atom is -0.327 e. The van der Waals surface area contributed by atoms with Gasteiger partial charge in [0.2, 0.25) is 5.91 Å². The molecule has 1 aliphatic rings. The monoisotopic (exact) mass is 372 g/mol. The average Bonchev–Trinajstić information content (AvgIpc) is 2.39. The molecule has 1 saturated carbocycles. The molecule has 0 heterocycles. The number of nitrogens with one attached hydrogen (secondary N) is 1. The van der Waals surface area contributed by atoms with Crippen LogP contribution in [-0.2, 0) is 4.79 Å². The molecule has 116 valence electrons. The van der Waals surface area contributed by atoms with Crippen molar-refractivity contribution in [2.45, 2.75) is 39.7 Å². The largest absolute Gasteiger partial charge is 0.327 e. The van der Waals surface area contributed by atoms with Crippen LogP contribution in [0, 0.1) is 17.3 Å². The lowest BCUT2D eigenvalue weighted by Gasteiger charge is -2.46. The number of hydrogen-bond donors (Lipinski definition) is 2. The van der Waals surface area contributed by atoms with Crippen molar-refractivity contribution < 1.29 is 4.79 Å². The molecular weight excluding hydrogens is 352 g/mol. The van der Waals surface area contributed by atoms with E-state index in [1.807, 2.05) is 6.07 Å². The van der Waals surface area contributed by atoms with Gasteiger partial charge in [-0.15, -0.1) is 0 Å². The maximum absolute atomic E-state index is 12.7. The third-order valence-electron chi connectivity index (χ3n) is 5.01. The number of benzene rings is 1. The predicted molar refractivity (Wildman–Crippen MR) is 91.4 cm³/mol. The van der Waals surface area contributed by atoms with Crippen molar-refractivity contribution >= 4 is 39.1 Å². The summed E-state index contributed by atoms with van der Waals surface area (Å²) in [6, 6.07) is 5.54. The Bertz CT molecular complexity index is 547. The van der Waals surface area contributed by atoms with Crippen LogP contribution in [0.4, 0.5) is 5.69 Å². The zero-order valence-corrected chi connectivity index (χ0v) is 15.0. The molecule has 0 saturated heterocycles. The molecular formula is C16H22BrClN2O. The van der Waals surface area contributed by atoms with E-state index in [0.717, 1.165) is 23.0 Å². The number of nitrogens with two attached hydrogens (primary N) is 1. The van der Waals surface area contributed by atoms with Crippen LogP contribution in [0.1, 0.15) is 33.6 Å². The normalized spacial score (nSPS) is 28.2. The Hall–Kier alpha value is -0.580. The third-order valence-corrected chi connectivity index (χ3v) is 5.90. The number of anilines is 1. The highest BCUT2D eigenvalue weighted by Gasteiger charge is 2.45. The molecule has 3 atom stereocenters. The van der Waals surface area contributed by atoms with E-state index < -0.39 is 0 Å². The molecule has 3 unspecified atom stereocenters. The first-order chi connectivity index (χ1) is 9.73. The predicted octanol–water partition coefficient (Wildman–Crippen LogP) is 4.44. The number of halogens is 2. The first kappa shape index (κ1) is 16.8. The Morgan fingerprint density at radius 3 is 2.71 bits per heavy atom. The van der Waals surface area contributed by atoms with Gasteiger partial charge >= 0.3 is 0 Å². The zero-order valence-electron chi connectivity index (χ0n) is 12.6. The second-order valence-electron chi connectivity index (χ2n) is 6.52. The quantitative estimate of drug-likeness (QED) is 0.805. The maximum Gasteiger partial charge on any atom is 0.228 e. The highest BCUT2D eigenvalue weighted by Crippen LogP contribution is 2.45. The van der Waals surface area contributed by atoms with Crippen LogP contribution in [0.25, 0.3) is 0 Å². The van der Waals surface area contributed by atoms with Crippen LogP contribution < -0.4 is 11.1 Å². The number of hydrogen-bond acceptors (Lipinski definition) is 2. The molecule has 1 amide bonds. The van der Waals surface area contributed by atoms with Gasteiger partial charge in [0.15, 0.2) is 0 Å². The first-order valence-electron chi connectivity index (χ1n) is 7.25. The molecule has 1 aromatic carbocycles. The molecule has 1 fully saturated rings. The Morgan fingerprint density at radius 1 is 1.43 bits per heavy atom. The molecule has 21 heavy (non-hydrogen) atoms. The molecule has 1 aliphatic carbocycles. The van der Waals surface area contributed by atoms with Crippen molar-refractivity contribution in [3.8, 4) is 0 Å². The van der Waals surface area contributed by atoms with E-state index in [0.29, 0.717) is 10.9 Å². The van der Waals surface area contributed by atoms with E-state index in [-0.39, 0.29) is 23.3 Å². The van der Waals surface area contributed by atoms with Crippen LogP contribution in [0.5, 0.6) is 0 Å². The van der Waals surface area contributed by atoms with E-state index in [1.165, 1.54) is 0 Å². The molecule has 3 N–H and O–H groups in total. The summed E-state index contributed by atoms with van der Waals surface area (Å²) >= 11 is 9.36. The van der Waals surface area contributed by atoms with E-state index in [2.05, 4.69) is 42.0 Å². The number of carbonyl (C=O) groups excluding carboxylic acids is 1. The van der Waals surface area contributed by atoms with Gasteiger partial charge in [0.05, 0.1) is 5.69 Å². The molecule has 0 radical (unpaired) electrons. The summed E-state index contributed by atoms with van der Waals surface area (Å²) in [6.07, 6.45) is 1.72. The van der Waals surface area contributed by atoms with E-state index in [1.54, 1.807) is 12.1 Å². The van der Waals surface area contributed by atoms with Gasteiger partial charge in [-0.05, 0) is 58.3 Å². The highest BCUT2D eigenvalue weighted by atomic mass is 79.9. The van der Waals surface area contributed by atoms with Crippen LogP contribution in [0.15, 0.2) is 22.7 Å². The van der Waals surface area contributed by atoms with Crippen molar-refractivity contribution in [3.05, 3.63) is 27.7 Å². The topological polar surface area (TPSA) is 55.1 Å². The molecule has 0 bridgehead atoms. The van der Waals surface area contributed by atoms with Crippen LogP contribution in [-0.4, -0.2) is 11.9 Å². The lowest BCUT2D eigenvalue weighted by Crippen LogP contribution is -2.50. The van der Waals surface area contributed by atoms with Gasteiger partial charge in [0.25, 0.3) is 0 Å². The Morgan fingerprint density at radius 2 is 2.10 bits per heavy atom. The summed E-state index contributed by atoms with van der Waals surface area (Å²) in [5, 5.41) is 3.65. The summed E-state index contributed by atoms with van der Waals surface area (Å²) in [6.45, 7) is 6.41. The maximum atomic E-state index is 12.7. The molecule has 0 aromatic heterocycles. The Balaban J connectivity index is 2.16. The minimum absolute atomic E-state index is 0.0325. The number of carbonyl (C=O) groups is 1. The van der Waals surface area contributed by atoms with E-state index in [9.17, 15) is 4.79 Å². The van der Waals surface area contributed by atoms with Crippen LogP contribution in [0.3, 0.4) is 0 Å². The smallest absolute Gasteiger partial charge is 0.228 e. The summed E-state index contributed by atoms with van der Waals surface area (Å²) in [7, 11) is 0. The van der Waals surface area contributed by atoms with Crippen molar-refractivity contribution in [1.29, 1.82) is 0 Å². The molecule has 0 aliphatic heterocycles. The molecule has 2 rings (SSSR count). The van der Waals surface area contributed by atoms with Crippen LogP contribution in [0.2, 0.25) is 5.02 Å². The van der Waals surface area contributed by atoms with Crippen molar-refractivity contribution in [2.24, 2.45) is 23.0 Å². The lowest BCUT2D eigenvalue weighted by atomic mass is 9.61. The molecule has 3 nitrogen and oxygen atoms in total. The third kappa shape index (κ3) is 3.43.